The molecule has 21 heavy (non-hydrogen) atoms. The molecule has 0 saturated carbocycles. The van der Waals surface area contributed by atoms with Crippen molar-refractivity contribution in [3.8, 4) is 0 Å². The van der Waals surface area contributed by atoms with Crippen molar-refractivity contribution in [3.63, 3.8) is 0 Å². The zero-order valence-corrected chi connectivity index (χ0v) is 12.8. The first-order chi connectivity index (χ1) is 10.0. The van der Waals surface area contributed by atoms with Crippen molar-refractivity contribution in [1.29, 1.82) is 0 Å². The maximum absolute atomic E-state index is 12.4. The van der Waals surface area contributed by atoms with Crippen molar-refractivity contribution in [2.45, 2.75) is 18.1 Å². The van der Waals surface area contributed by atoms with Gasteiger partial charge >= 0.3 is 0 Å². The molecule has 1 atom stereocenters. The molecule has 1 fully saturated rings. The van der Waals surface area contributed by atoms with Crippen LogP contribution >= 0.6 is 0 Å². The van der Waals surface area contributed by atoms with E-state index in [2.05, 4.69) is 4.72 Å². The van der Waals surface area contributed by atoms with E-state index in [9.17, 15) is 13.2 Å². The lowest BCUT2D eigenvalue weighted by atomic mass is 10.1. The largest absolute Gasteiger partial charge is 0.375 e. The van der Waals surface area contributed by atoms with E-state index in [1.807, 2.05) is 6.07 Å². The molecule has 7 heteroatoms. The molecule has 2 rings (SSSR count). The molecule has 6 nitrogen and oxygen atoms in total. The SMILES string of the molecule is COCC(=O)N1CCC[C@@H](S(=O)(=O)Nc2ccccc2)C1. The first-order valence-electron chi connectivity index (χ1n) is 6.86. The number of hydrogen-bond acceptors (Lipinski definition) is 4. The van der Waals surface area contributed by atoms with E-state index in [1.54, 1.807) is 29.2 Å². The van der Waals surface area contributed by atoms with Gasteiger partial charge in [0, 0.05) is 25.9 Å². The van der Waals surface area contributed by atoms with E-state index in [-0.39, 0.29) is 19.1 Å². The zero-order chi connectivity index (χ0) is 15.3. The van der Waals surface area contributed by atoms with Crippen LogP contribution in [0.3, 0.4) is 0 Å². The van der Waals surface area contributed by atoms with Gasteiger partial charge < -0.3 is 9.64 Å². The number of benzene rings is 1. The van der Waals surface area contributed by atoms with Crippen molar-refractivity contribution in [3.05, 3.63) is 30.3 Å². The van der Waals surface area contributed by atoms with Gasteiger partial charge in [-0.1, -0.05) is 18.2 Å². The van der Waals surface area contributed by atoms with Gasteiger partial charge in [0.05, 0.1) is 5.25 Å². The number of amides is 1. The van der Waals surface area contributed by atoms with Crippen LogP contribution in [0.1, 0.15) is 12.8 Å². The summed E-state index contributed by atoms with van der Waals surface area (Å²) in [6, 6.07) is 8.77. The fourth-order valence-electron chi connectivity index (χ4n) is 2.39. The lowest BCUT2D eigenvalue weighted by Gasteiger charge is -2.32. The maximum atomic E-state index is 12.4. The summed E-state index contributed by atoms with van der Waals surface area (Å²) in [5.41, 5.74) is 0.540. The first-order valence-corrected chi connectivity index (χ1v) is 8.41. The maximum Gasteiger partial charge on any atom is 0.248 e. The number of rotatable bonds is 5. The van der Waals surface area contributed by atoms with Gasteiger partial charge in [-0.25, -0.2) is 8.42 Å². The molecular weight excluding hydrogens is 292 g/mol. The highest BCUT2D eigenvalue weighted by atomic mass is 32.2. The minimum absolute atomic E-state index is 0.0150. The topological polar surface area (TPSA) is 75.7 Å². The van der Waals surface area contributed by atoms with Gasteiger partial charge in [-0.2, -0.15) is 0 Å². The molecule has 1 saturated heterocycles. The highest BCUT2D eigenvalue weighted by molar-refractivity contribution is 7.93. The molecule has 0 aromatic heterocycles. The Bertz CT molecular complexity index is 574. The molecule has 0 spiro atoms. The second-order valence-corrected chi connectivity index (χ2v) is 7.01. The number of sulfonamides is 1. The van der Waals surface area contributed by atoms with Crippen LogP contribution in [-0.4, -0.2) is 51.3 Å². The van der Waals surface area contributed by atoms with Crippen molar-refractivity contribution in [2.75, 3.05) is 31.5 Å². The van der Waals surface area contributed by atoms with Gasteiger partial charge in [0.1, 0.15) is 6.61 Å². The normalized spacial score (nSPS) is 19.3. The lowest BCUT2D eigenvalue weighted by Crippen LogP contribution is -2.47. The third-order valence-electron chi connectivity index (χ3n) is 3.47. The Morgan fingerprint density at radius 2 is 2.10 bits per heavy atom. The summed E-state index contributed by atoms with van der Waals surface area (Å²) < 4.78 is 32.2. The Labute approximate surface area is 125 Å². The highest BCUT2D eigenvalue weighted by Gasteiger charge is 2.32. The van der Waals surface area contributed by atoms with E-state index >= 15 is 0 Å². The average molecular weight is 312 g/mol. The van der Waals surface area contributed by atoms with E-state index in [4.69, 9.17) is 4.74 Å². The molecule has 1 heterocycles. The van der Waals surface area contributed by atoms with Gasteiger partial charge in [0.2, 0.25) is 15.9 Å². The number of nitrogens with one attached hydrogen (secondary N) is 1. The molecule has 1 N–H and O–H groups in total. The van der Waals surface area contributed by atoms with Gasteiger partial charge in [-0.05, 0) is 25.0 Å². The number of methoxy groups -OCH3 is 1. The van der Waals surface area contributed by atoms with E-state index in [0.717, 1.165) is 0 Å². The second kappa shape index (κ2) is 6.91. The van der Waals surface area contributed by atoms with Crippen LogP contribution in [0.15, 0.2) is 30.3 Å². The summed E-state index contributed by atoms with van der Waals surface area (Å²) in [5, 5.41) is -0.590. The summed E-state index contributed by atoms with van der Waals surface area (Å²) >= 11 is 0. The average Bonchev–Trinajstić information content (AvgIpc) is 2.48. The van der Waals surface area contributed by atoms with E-state index in [1.165, 1.54) is 7.11 Å². The zero-order valence-electron chi connectivity index (χ0n) is 12.0. The number of carbonyl (C=O) groups excluding carboxylic acids is 1. The Morgan fingerprint density at radius 3 is 2.76 bits per heavy atom. The predicted molar refractivity (Wildman–Crippen MR) is 80.5 cm³/mol. The van der Waals surface area contributed by atoms with Gasteiger partial charge in [-0.15, -0.1) is 0 Å². The number of nitrogens with zero attached hydrogens (tertiary/aromatic N) is 1. The van der Waals surface area contributed by atoms with Crippen LogP contribution in [0, 0.1) is 0 Å². The monoisotopic (exact) mass is 312 g/mol. The molecule has 0 bridgehead atoms. The van der Waals surface area contributed by atoms with Crippen LogP contribution < -0.4 is 4.72 Å². The van der Waals surface area contributed by atoms with Crippen LogP contribution in [0.4, 0.5) is 5.69 Å². The first kappa shape index (κ1) is 15.8. The molecule has 0 unspecified atom stereocenters. The number of piperidine rings is 1. The Morgan fingerprint density at radius 1 is 1.38 bits per heavy atom. The number of likely N-dealkylation sites (tertiary alicyclic amines) is 1. The summed E-state index contributed by atoms with van der Waals surface area (Å²) in [7, 11) is -2.05. The number of ether oxygens (including phenoxy) is 1. The lowest BCUT2D eigenvalue weighted by molar-refractivity contribution is -0.135. The van der Waals surface area contributed by atoms with Crippen LogP contribution in [0.5, 0.6) is 0 Å². The van der Waals surface area contributed by atoms with Crippen LogP contribution in [0.25, 0.3) is 0 Å². The third-order valence-corrected chi connectivity index (χ3v) is 5.25. The fraction of sp³-hybridized carbons (Fsp3) is 0.500. The molecule has 1 aliphatic rings. The van der Waals surface area contributed by atoms with Crippen LogP contribution in [0.2, 0.25) is 0 Å². The number of anilines is 1. The molecule has 1 aliphatic heterocycles. The standard InChI is InChI=1S/C14H20N2O4S/c1-20-11-14(17)16-9-5-8-13(10-16)21(18,19)15-12-6-3-2-4-7-12/h2-4,6-7,13,15H,5,8-11H2,1H3/t13-/m1/s1. The van der Waals surface area contributed by atoms with E-state index in [0.29, 0.717) is 25.1 Å². The van der Waals surface area contributed by atoms with Gasteiger partial charge in [-0.3, -0.25) is 9.52 Å². The summed E-state index contributed by atoms with van der Waals surface area (Å²) in [5.74, 6) is -0.169. The number of carbonyl (C=O) groups is 1. The van der Waals surface area contributed by atoms with E-state index < -0.39 is 15.3 Å². The molecule has 1 amide bonds. The smallest absolute Gasteiger partial charge is 0.248 e. The minimum atomic E-state index is -3.50. The second-order valence-electron chi connectivity index (χ2n) is 5.05. The molecule has 1 aromatic rings. The van der Waals surface area contributed by atoms with Gasteiger partial charge in [0.25, 0.3) is 0 Å². The quantitative estimate of drug-likeness (QED) is 0.882. The van der Waals surface area contributed by atoms with Crippen molar-refractivity contribution >= 4 is 21.6 Å². The highest BCUT2D eigenvalue weighted by Crippen LogP contribution is 2.20. The van der Waals surface area contributed by atoms with Crippen molar-refractivity contribution in [1.82, 2.24) is 4.90 Å². The molecule has 1 aromatic carbocycles. The molecule has 0 aliphatic carbocycles. The molecule has 116 valence electrons. The summed E-state index contributed by atoms with van der Waals surface area (Å²) in [4.78, 5) is 13.4. The molecular formula is C14H20N2O4S. The Kier molecular flexibility index (Phi) is 5.19. The van der Waals surface area contributed by atoms with Crippen LogP contribution in [-0.2, 0) is 19.6 Å². The van der Waals surface area contributed by atoms with Crippen molar-refractivity contribution < 1.29 is 17.9 Å². The number of hydrogen-bond donors (Lipinski definition) is 1. The summed E-state index contributed by atoms with van der Waals surface area (Å²) in [6.45, 7) is 0.781. The molecule has 0 radical (unpaired) electrons. The Hall–Kier alpha value is -1.60. The minimum Gasteiger partial charge on any atom is -0.375 e. The third kappa shape index (κ3) is 4.18. The predicted octanol–water partition coefficient (Wildman–Crippen LogP) is 1.07. The van der Waals surface area contributed by atoms with Gasteiger partial charge in [0.15, 0.2) is 0 Å². The van der Waals surface area contributed by atoms with Crippen molar-refractivity contribution in [2.24, 2.45) is 0 Å². The summed E-state index contributed by atoms with van der Waals surface area (Å²) in [6.07, 6.45) is 1.23. The fourth-order valence-corrected chi connectivity index (χ4v) is 3.87. The Balaban J connectivity index is 2.04. The number of para-hydroxylation sites is 1.